The third kappa shape index (κ3) is 2.47. The van der Waals surface area contributed by atoms with Crippen LogP contribution in [0.3, 0.4) is 0 Å². The molecule has 17 heavy (non-hydrogen) atoms. The van der Waals surface area contributed by atoms with Crippen LogP contribution in [0.25, 0.3) is 11.4 Å². The molecule has 0 amide bonds. The minimum Gasteiger partial charge on any atom is -0.496 e. The summed E-state index contributed by atoms with van der Waals surface area (Å²) in [6, 6.07) is 6.65. The van der Waals surface area contributed by atoms with Crippen LogP contribution in [-0.2, 0) is 0 Å². The number of benzene rings is 1. The summed E-state index contributed by atoms with van der Waals surface area (Å²) in [7, 11) is 1.55. The van der Waals surface area contributed by atoms with Gasteiger partial charge in [-0.1, -0.05) is 15.9 Å². The van der Waals surface area contributed by atoms with E-state index in [0.717, 1.165) is 4.47 Å². The molecule has 1 aromatic heterocycles. The molecule has 2 rings (SSSR count). The average Bonchev–Trinajstić information content (AvgIpc) is 2.27. The Balaban J connectivity index is 2.66. The topological polar surface area (TPSA) is 81.0 Å². The Hall–Kier alpha value is -1.82. The third-order valence-electron chi connectivity index (χ3n) is 2.18. The van der Waals surface area contributed by atoms with Gasteiger partial charge in [-0.05, 0) is 18.2 Å². The second-order valence-electron chi connectivity index (χ2n) is 3.36. The maximum Gasteiger partial charge on any atom is 0.253 e. The van der Waals surface area contributed by atoms with E-state index >= 15 is 0 Å². The zero-order valence-electron chi connectivity index (χ0n) is 9.03. The minimum atomic E-state index is -0.297. The third-order valence-corrected chi connectivity index (χ3v) is 2.67. The number of methoxy groups -OCH3 is 1. The SMILES string of the molecule is COc1ccc(Br)cc1-c1nc(N)cc(=O)[nH]1. The van der Waals surface area contributed by atoms with Gasteiger partial charge in [0.1, 0.15) is 17.4 Å². The molecule has 0 bridgehead atoms. The maximum absolute atomic E-state index is 11.3. The number of aromatic nitrogens is 2. The monoisotopic (exact) mass is 295 g/mol. The molecular weight excluding hydrogens is 286 g/mol. The number of H-pyrrole nitrogens is 1. The highest BCUT2D eigenvalue weighted by atomic mass is 79.9. The lowest BCUT2D eigenvalue weighted by Gasteiger charge is -2.08. The molecule has 1 heterocycles. The lowest BCUT2D eigenvalue weighted by Crippen LogP contribution is -2.10. The van der Waals surface area contributed by atoms with Gasteiger partial charge in [0.2, 0.25) is 0 Å². The molecule has 88 valence electrons. The maximum atomic E-state index is 11.3. The van der Waals surface area contributed by atoms with Gasteiger partial charge in [-0.3, -0.25) is 4.79 Å². The number of anilines is 1. The number of rotatable bonds is 2. The van der Waals surface area contributed by atoms with Crippen LogP contribution in [0.1, 0.15) is 0 Å². The predicted molar refractivity (Wildman–Crippen MR) is 69.0 cm³/mol. The van der Waals surface area contributed by atoms with E-state index in [1.54, 1.807) is 19.2 Å². The van der Waals surface area contributed by atoms with Crippen LogP contribution in [0.4, 0.5) is 5.82 Å². The number of ether oxygens (including phenoxy) is 1. The van der Waals surface area contributed by atoms with Crippen molar-refractivity contribution in [3.8, 4) is 17.1 Å². The first kappa shape index (κ1) is 11.7. The van der Waals surface area contributed by atoms with E-state index in [0.29, 0.717) is 17.1 Å². The first-order chi connectivity index (χ1) is 8.10. The number of nitrogen functional groups attached to an aromatic ring is 1. The molecule has 3 N–H and O–H groups in total. The summed E-state index contributed by atoms with van der Waals surface area (Å²) in [4.78, 5) is 18.0. The highest BCUT2D eigenvalue weighted by Gasteiger charge is 2.09. The van der Waals surface area contributed by atoms with Crippen molar-refractivity contribution in [3.05, 3.63) is 39.1 Å². The van der Waals surface area contributed by atoms with Crippen molar-refractivity contribution < 1.29 is 4.74 Å². The fourth-order valence-electron chi connectivity index (χ4n) is 1.47. The van der Waals surface area contributed by atoms with Gasteiger partial charge in [-0.2, -0.15) is 0 Å². The summed E-state index contributed by atoms with van der Waals surface area (Å²) in [6.45, 7) is 0. The smallest absolute Gasteiger partial charge is 0.253 e. The normalized spacial score (nSPS) is 10.2. The van der Waals surface area contributed by atoms with Crippen LogP contribution in [0.2, 0.25) is 0 Å². The fraction of sp³-hybridized carbons (Fsp3) is 0.0909. The van der Waals surface area contributed by atoms with E-state index in [1.807, 2.05) is 6.07 Å². The predicted octanol–water partition coefficient (Wildman–Crippen LogP) is 1.79. The number of halogens is 1. The molecule has 0 saturated carbocycles. The van der Waals surface area contributed by atoms with Gasteiger partial charge in [-0.25, -0.2) is 4.98 Å². The Bertz CT molecular complexity index is 610. The molecule has 5 nitrogen and oxygen atoms in total. The lowest BCUT2D eigenvalue weighted by atomic mass is 10.2. The molecule has 0 aliphatic carbocycles. The number of hydrogen-bond acceptors (Lipinski definition) is 4. The Morgan fingerprint density at radius 1 is 1.41 bits per heavy atom. The Kier molecular flexibility index (Phi) is 3.14. The second-order valence-corrected chi connectivity index (χ2v) is 4.28. The highest BCUT2D eigenvalue weighted by Crippen LogP contribution is 2.30. The van der Waals surface area contributed by atoms with Crippen LogP contribution in [-0.4, -0.2) is 17.1 Å². The van der Waals surface area contributed by atoms with Gasteiger partial charge in [0.25, 0.3) is 5.56 Å². The first-order valence-corrected chi connectivity index (χ1v) is 5.60. The molecule has 0 fully saturated rings. The van der Waals surface area contributed by atoms with E-state index in [2.05, 4.69) is 25.9 Å². The number of nitrogens with two attached hydrogens (primary N) is 1. The quantitative estimate of drug-likeness (QED) is 0.885. The van der Waals surface area contributed by atoms with Crippen molar-refractivity contribution in [2.24, 2.45) is 0 Å². The molecule has 2 aromatic rings. The first-order valence-electron chi connectivity index (χ1n) is 4.81. The van der Waals surface area contributed by atoms with Crippen molar-refractivity contribution in [1.29, 1.82) is 0 Å². The zero-order valence-corrected chi connectivity index (χ0v) is 10.6. The number of aromatic amines is 1. The highest BCUT2D eigenvalue weighted by molar-refractivity contribution is 9.10. The van der Waals surface area contributed by atoms with Crippen LogP contribution in [0.5, 0.6) is 5.75 Å². The molecular formula is C11H10BrN3O2. The number of hydrogen-bond donors (Lipinski definition) is 2. The molecule has 6 heteroatoms. The van der Waals surface area contributed by atoms with E-state index in [9.17, 15) is 4.79 Å². The number of nitrogens with one attached hydrogen (secondary N) is 1. The summed E-state index contributed by atoms with van der Waals surface area (Å²) in [5, 5.41) is 0. The fourth-order valence-corrected chi connectivity index (χ4v) is 1.83. The lowest BCUT2D eigenvalue weighted by molar-refractivity contribution is 0.416. The molecule has 0 atom stereocenters. The van der Waals surface area contributed by atoms with E-state index < -0.39 is 0 Å². The van der Waals surface area contributed by atoms with Crippen LogP contribution < -0.4 is 16.0 Å². The summed E-state index contributed by atoms with van der Waals surface area (Å²) in [6.07, 6.45) is 0. The summed E-state index contributed by atoms with van der Waals surface area (Å²) in [5.41, 5.74) is 5.92. The van der Waals surface area contributed by atoms with E-state index in [1.165, 1.54) is 6.07 Å². The Morgan fingerprint density at radius 3 is 2.82 bits per heavy atom. The second kappa shape index (κ2) is 4.58. The van der Waals surface area contributed by atoms with Crippen molar-refractivity contribution in [2.45, 2.75) is 0 Å². The Labute approximate surface area is 106 Å². The molecule has 1 aromatic carbocycles. The largest absolute Gasteiger partial charge is 0.496 e. The summed E-state index contributed by atoms with van der Waals surface area (Å²) >= 11 is 3.35. The van der Waals surface area contributed by atoms with Gasteiger partial charge < -0.3 is 15.5 Å². The van der Waals surface area contributed by atoms with Gasteiger partial charge in [0, 0.05) is 10.5 Å². The van der Waals surface area contributed by atoms with Gasteiger partial charge in [0.15, 0.2) is 0 Å². The van der Waals surface area contributed by atoms with Crippen molar-refractivity contribution in [3.63, 3.8) is 0 Å². The molecule has 0 radical (unpaired) electrons. The summed E-state index contributed by atoms with van der Waals surface area (Å²) < 4.78 is 6.07. The minimum absolute atomic E-state index is 0.172. The van der Waals surface area contributed by atoms with Crippen molar-refractivity contribution in [1.82, 2.24) is 9.97 Å². The summed E-state index contributed by atoms with van der Waals surface area (Å²) in [5.74, 6) is 1.17. The van der Waals surface area contributed by atoms with Crippen molar-refractivity contribution in [2.75, 3.05) is 12.8 Å². The average molecular weight is 296 g/mol. The van der Waals surface area contributed by atoms with Gasteiger partial charge >= 0.3 is 0 Å². The molecule has 0 saturated heterocycles. The Morgan fingerprint density at radius 2 is 2.18 bits per heavy atom. The van der Waals surface area contributed by atoms with Gasteiger partial charge in [0.05, 0.1) is 12.7 Å². The van der Waals surface area contributed by atoms with E-state index in [-0.39, 0.29) is 11.4 Å². The van der Waals surface area contributed by atoms with Gasteiger partial charge in [-0.15, -0.1) is 0 Å². The standard InChI is InChI=1S/C11H10BrN3O2/c1-17-8-3-2-6(12)4-7(8)11-14-9(13)5-10(16)15-11/h2-5H,1H3,(H3,13,14,15,16). The van der Waals surface area contributed by atoms with Crippen LogP contribution >= 0.6 is 15.9 Å². The molecule has 0 aliphatic heterocycles. The molecule has 0 unspecified atom stereocenters. The van der Waals surface area contributed by atoms with E-state index in [4.69, 9.17) is 10.5 Å². The molecule has 0 spiro atoms. The number of nitrogens with zero attached hydrogens (tertiary/aromatic N) is 1. The van der Waals surface area contributed by atoms with Crippen LogP contribution in [0.15, 0.2) is 33.5 Å². The van der Waals surface area contributed by atoms with Crippen molar-refractivity contribution >= 4 is 21.7 Å². The zero-order chi connectivity index (χ0) is 12.4. The van der Waals surface area contributed by atoms with Crippen LogP contribution in [0, 0.1) is 0 Å². The molecule has 0 aliphatic rings.